The molecule has 1 heteroatoms. The number of para-hydroxylation sites is 1. The molecule has 1 heterocycles. The molecule has 0 bridgehead atoms. The van der Waals surface area contributed by atoms with E-state index in [4.69, 9.17) is 0 Å². The van der Waals surface area contributed by atoms with Crippen LogP contribution in [0.2, 0.25) is 0 Å². The van der Waals surface area contributed by atoms with E-state index in [9.17, 15) is 0 Å². The molecule has 0 N–H and O–H groups in total. The highest BCUT2D eigenvalue weighted by atomic mass is 15.0. The molecule has 1 nitrogen and oxygen atoms in total. The molecule has 2 aromatic rings. The molecule has 0 aliphatic heterocycles. The minimum atomic E-state index is 0.647. The summed E-state index contributed by atoms with van der Waals surface area (Å²) in [5, 5.41) is 0. The van der Waals surface area contributed by atoms with E-state index < -0.39 is 0 Å². The van der Waals surface area contributed by atoms with Crippen molar-refractivity contribution in [1.82, 2.24) is 4.57 Å². The first-order chi connectivity index (χ1) is 9.84. The average molecular weight is 261 g/mol. The number of hydrogen-bond acceptors (Lipinski definition) is 0. The second-order valence-electron chi connectivity index (χ2n) is 5.88. The molecule has 100 valence electrons. The Hall–Kier alpha value is -2.02. The van der Waals surface area contributed by atoms with Crippen molar-refractivity contribution in [3.8, 4) is 5.69 Å². The minimum Gasteiger partial charge on any atom is -0.313 e. The highest BCUT2D eigenvalue weighted by Gasteiger charge is 2.24. The molecule has 1 atom stereocenters. The number of rotatable bonds is 1. The van der Waals surface area contributed by atoms with Crippen molar-refractivity contribution < 1.29 is 0 Å². The van der Waals surface area contributed by atoms with Crippen LogP contribution in [0.25, 0.3) is 17.8 Å². The van der Waals surface area contributed by atoms with Gasteiger partial charge in [-0.1, -0.05) is 43.4 Å². The molecule has 0 saturated heterocycles. The summed E-state index contributed by atoms with van der Waals surface area (Å²) in [6.45, 7) is 2.30. The Morgan fingerprint density at radius 1 is 1.10 bits per heavy atom. The van der Waals surface area contributed by atoms with Crippen LogP contribution in [0.5, 0.6) is 0 Å². The third-order valence-corrected chi connectivity index (χ3v) is 4.41. The van der Waals surface area contributed by atoms with Gasteiger partial charge in [0.25, 0.3) is 0 Å². The summed E-state index contributed by atoms with van der Waals surface area (Å²) in [5.74, 6) is 0.647. The second-order valence-corrected chi connectivity index (χ2v) is 5.88. The van der Waals surface area contributed by atoms with Gasteiger partial charge in [0, 0.05) is 17.1 Å². The van der Waals surface area contributed by atoms with Gasteiger partial charge < -0.3 is 4.57 Å². The Morgan fingerprint density at radius 3 is 2.80 bits per heavy atom. The van der Waals surface area contributed by atoms with Gasteiger partial charge in [-0.2, -0.15) is 0 Å². The summed E-state index contributed by atoms with van der Waals surface area (Å²) in [7, 11) is 0. The Kier molecular flexibility index (Phi) is 2.66. The van der Waals surface area contributed by atoms with Crippen molar-refractivity contribution in [2.75, 3.05) is 0 Å². The van der Waals surface area contributed by atoms with Crippen LogP contribution >= 0.6 is 0 Å². The lowest BCUT2D eigenvalue weighted by Gasteiger charge is -2.16. The van der Waals surface area contributed by atoms with E-state index >= 15 is 0 Å². The maximum atomic E-state index is 2.47. The molecule has 0 spiro atoms. The zero-order chi connectivity index (χ0) is 13.5. The van der Waals surface area contributed by atoms with Crippen LogP contribution < -0.4 is 0 Å². The number of hydrogen-bond donors (Lipinski definition) is 0. The minimum absolute atomic E-state index is 0.647. The van der Waals surface area contributed by atoms with Gasteiger partial charge in [-0.25, -0.2) is 0 Å². The van der Waals surface area contributed by atoms with Crippen LogP contribution in [0.1, 0.15) is 35.9 Å². The number of benzene rings is 1. The summed E-state index contributed by atoms with van der Waals surface area (Å²) < 4.78 is 2.47. The monoisotopic (exact) mass is 261 g/mol. The van der Waals surface area contributed by atoms with Crippen LogP contribution in [0, 0.1) is 5.92 Å². The quantitative estimate of drug-likeness (QED) is 0.704. The number of fused-ring (bicyclic) bond motifs is 3. The fourth-order valence-electron chi connectivity index (χ4n) is 3.48. The summed E-state index contributed by atoms with van der Waals surface area (Å²) in [6.07, 6.45) is 12.8. The van der Waals surface area contributed by atoms with E-state index in [0.29, 0.717) is 5.92 Å². The predicted molar refractivity (Wildman–Crippen MR) is 85.0 cm³/mol. The van der Waals surface area contributed by atoms with Crippen LogP contribution in [-0.2, 0) is 12.8 Å². The lowest BCUT2D eigenvalue weighted by molar-refractivity contribution is 0.714. The van der Waals surface area contributed by atoms with E-state index in [2.05, 4.69) is 66.1 Å². The molecule has 1 unspecified atom stereocenters. The highest BCUT2D eigenvalue weighted by molar-refractivity contribution is 5.71. The third kappa shape index (κ3) is 1.70. The molecule has 2 aliphatic rings. The number of nitrogens with zero attached hydrogens (tertiary/aromatic N) is 1. The van der Waals surface area contributed by atoms with Gasteiger partial charge in [-0.15, -0.1) is 0 Å². The van der Waals surface area contributed by atoms with Crippen molar-refractivity contribution in [1.29, 1.82) is 0 Å². The van der Waals surface area contributed by atoms with Crippen LogP contribution in [0.3, 0.4) is 0 Å². The standard InChI is InChI=1S/C19H19N/c1-14-11-12-19-17(13-14)16-9-5-6-10-18(16)20(19)15-7-3-2-4-8-15/h2-5,7-9,11-12,14H,6,10,13H2,1H3. The van der Waals surface area contributed by atoms with Crippen molar-refractivity contribution in [3.05, 3.63) is 65.0 Å². The molecule has 1 aromatic heterocycles. The molecule has 4 rings (SSSR count). The normalized spacial score (nSPS) is 19.8. The topological polar surface area (TPSA) is 4.93 Å². The fourth-order valence-corrected chi connectivity index (χ4v) is 3.48. The molecular formula is C19H19N. The Balaban J connectivity index is 2.01. The first kappa shape index (κ1) is 11.8. The van der Waals surface area contributed by atoms with E-state index in [-0.39, 0.29) is 0 Å². The molecule has 2 aliphatic carbocycles. The highest BCUT2D eigenvalue weighted by Crippen LogP contribution is 2.36. The van der Waals surface area contributed by atoms with Crippen molar-refractivity contribution in [3.63, 3.8) is 0 Å². The Labute approximate surface area is 120 Å². The molecule has 1 aromatic carbocycles. The van der Waals surface area contributed by atoms with Gasteiger partial charge in [-0.05, 0) is 54.5 Å². The molecule has 0 amide bonds. The molecule has 0 radical (unpaired) electrons. The van der Waals surface area contributed by atoms with Crippen LogP contribution in [0.15, 0.2) is 42.5 Å². The summed E-state index contributed by atoms with van der Waals surface area (Å²) in [6, 6.07) is 10.8. The third-order valence-electron chi connectivity index (χ3n) is 4.41. The lowest BCUT2D eigenvalue weighted by atomic mass is 9.90. The zero-order valence-corrected chi connectivity index (χ0v) is 11.8. The Bertz CT molecular complexity index is 701. The van der Waals surface area contributed by atoms with E-state index in [1.807, 2.05) is 0 Å². The first-order valence-electron chi connectivity index (χ1n) is 7.51. The largest absolute Gasteiger partial charge is 0.313 e. The fraction of sp³-hybridized carbons (Fsp3) is 0.263. The summed E-state index contributed by atoms with van der Waals surface area (Å²) >= 11 is 0. The van der Waals surface area contributed by atoms with Gasteiger partial charge >= 0.3 is 0 Å². The average Bonchev–Trinajstić information content (AvgIpc) is 2.82. The SMILES string of the molecule is CC1C=Cc2c(c3c(n2-c2ccccc2)CCC=C3)C1. The van der Waals surface area contributed by atoms with Gasteiger partial charge in [0.1, 0.15) is 0 Å². The van der Waals surface area contributed by atoms with Gasteiger partial charge in [0.2, 0.25) is 0 Å². The van der Waals surface area contributed by atoms with Gasteiger partial charge in [0.05, 0.1) is 0 Å². The van der Waals surface area contributed by atoms with Crippen molar-refractivity contribution >= 4 is 12.2 Å². The molecule has 20 heavy (non-hydrogen) atoms. The van der Waals surface area contributed by atoms with Crippen LogP contribution in [-0.4, -0.2) is 4.57 Å². The maximum Gasteiger partial charge on any atom is 0.0494 e. The van der Waals surface area contributed by atoms with E-state index in [1.165, 1.54) is 34.6 Å². The summed E-state index contributed by atoms with van der Waals surface area (Å²) in [5.41, 5.74) is 7.19. The van der Waals surface area contributed by atoms with Crippen molar-refractivity contribution in [2.24, 2.45) is 5.92 Å². The zero-order valence-electron chi connectivity index (χ0n) is 11.8. The molecule has 0 fully saturated rings. The van der Waals surface area contributed by atoms with E-state index in [1.54, 1.807) is 0 Å². The predicted octanol–water partition coefficient (Wildman–Crippen LogP) is 4.64. The second kappa shape index (κ2) is 4.52. The van der Waals surface area contributed by atoms with Gasteiger partial charge in [-0.3, -0.25) is 0 Å². The maximum absolute atomic E-state index is 2.47. The van der Waals surface area contributed by atoms with E-state index in [0.717, 1.165) is 12.8 Å². The summed E-state index contributed by atoms with van der Waals surface area (Å²) in [4.78, 5) is 0. The molecule has 0 saturated carbocycles. The number of aromatic nitrogens is 1. The first-order valence-corrected chi connectivity index (χ1v) is 7.51. The Morgan fingerprint density at radius 2 is 1.95 bits per heavy atom. The smallest absolute Gasteiger partial charge is 0.0494 e. The molecular weight excluding hydrogens is 242 g/mol. The van der Waals surface area contributed by atoms with Crippen LogP contribution in [0.4, 0.5) is 0 Å². The number of allylic oxidation sites excluding steroid dienone is 2. The lowest BCUT2D eigenvalue weighted by Crippen LogP contribution is -2.06. The van der Waals surface area contributed by atoms with Gasteiger partial charge in [0.15, 0.2) is 0 Å². The van der Waals surface area contributed by atoms with Crippen molar-refractivity contribution in [2.45, 2.75) is 26.2 Å².